The molecule has 2 heterocycles. The van der Waals surface area contributed by atoms with Gasteiger partial charge in [-0.15, -0.1) is 0 Å². The molecule has 5 aromatic rings. The van der Waals surface area contributed by atoms with Gasteiger partial charge in [-0.1, -0.05) is 83.9 Å². The van der Waals surface area contributed by atoms with E-state index in [2.05, 4.69) is 108 Å². The van der Waals surface area contributed by atoms with Gasteiger partial charge in [0.15, 0.2) is 0 Å². The largest absolute Gasteiger partial charge is 0.356 e. The highest BCUT2D eigenvalue weighted by Gasteiger charge is 2.23. The molecule has 0 saturated heterocycles. The molecule has 3 aromatic carbocycles. The predicted octanol–water partition coefficient (Wildman–Crippen LogP) is 6.58. The van der Waals surface area contributed by atoms with Crippen LogP contribution in [0.1, 0.15) is 45.8 Å². The molecule has 0 fully saturated rings. The molecule has 0 bridgehead atoms. The molecule has 0 spiro atoms. The van der Waals surface area contributed by atoms with Gasteiger partial charge in [0.2, 0.25) is 5.91 Å². The molecule has 1 atom stereocenters. The average molecular weight is 488 g/mol. The van der Waals surface area contributed by atoms with Gasteiger partial charge in [-0.2, -0.15) is 0 Å². The van der Waals surface area contributed by atoms with E-state index in [-0.39, 0.29) is 11.8 Å². The summed E-state index contributed by atoms with van der Waals surface area (Å²) < 4.78 is 2.32. The maximum Gasteiger partial charge on any atom is 0.220 e. The van der Waals surface area contributed by atoms with Crippen molar-refractivity contribution in [1.82, 2.24) is 14.9 Å². The topological polar surface area (TPSA) is 46.9 Å². The van der Waals surface area contributed by atoms with Crippen LogP contribution in [0, 0.1) is 13.8 Å². The van der Waals surface area contributed by atoms with Crippen molar-refractivity contribution in [3.8, 4) is 0 Å². The molecule has 37 heavy (non-hydrogen) atoms. The number of nitrogens with one attached hydrogen (secondary N) is 1. The second-order valence-corrected chi connectivity index (χ2v) is 9.81. The summed E-state index contributed by atoms with van der Waals surface area (Å²) in [6.07, 6.45) is 5.15. The lowest BCUT2D eigenvalue weighted by molar-refractivity contribution is -0.121. The van der Waals surface area contributed by atoms with E-state index in [9.17, 15) is 4.79 Å². The molecule has 0 aliphatic heterocycles. The summed E-state index contributed by atoms with van der Waals surface area (Å²) in [5.41, 5.74) is 8.24. The van der Waals surface area contributed by atoms with Gasteiger partial charge >= 0.3 is 0 Å². The number of hydrogen-bond donors (Lipinski definition) is 1. The zero-order valence-electron chi connectivity index (χ0n) is 21.5. The van der Waals surface area contributed by atoms with Crippen LogP contribution in [-0.2, 0) is 17.8 Å². The fourth-order valence-corrected chi connectivity index (χ4v) is 5.00. The van der Waals surface area contributed by atoms with E-state index in [1.165, 1.54) is 33.2 Å². The highest BCUT2D eigenvalue weighted by molar-refractivity contribution is 5.86. The maximum absolute atomic E-state index is 13.2. The van der Waals surface area contributed by atoms with Crippen molar-refractivity contribution < 1.29 is 4.79 Å². The minimum absolute atomic E-state index is 0.0427. The molecule has 1 N–H and O–H groups in total. The number of amides is 1. The number of para-hydroxylation sites is 1. The van der Waals surface area contributed by atoms with Crippen LogP contribution < -0.4 is 5.32 Å². The first-order valence-corrected chi connectivity index (χ1v) is 12.9. The Labute approximate surface area is 219 Å². The van der Waals surface area contributed by atoms with E-state index in [0.717, 1.165) is 24.2 Å². The summed E-state index contributed by atoms with van der Waals surface area (Å²) >= 11 is 0. The summed E-state index contributed by atoms with van der Waals surface area (Å²) in [7, 11) is 0. The number of aromatic nitrogens is 2. The molecule has 1 unspecified atom stereocenters. The first-order chi connectivity index (χ1) is 18.1. The van der Waals surface area contributed by atoms with E-state index in [1.54, 1.807) is 6.20 Å². The van der Waals surface area contributed by atoms with Gasteiger partial charge in [-0.3, -0.25) is 9.78 Å². The Morgan fingerprint density at radius 2 is 1.70 bits per heavy atom. The predicted molar refractivity (Wildman–Crippen MR) is 151 cm³/mol. The van der Waals surface area contributed by atoms with Crippen molar-refractivity contribution in [2.45, 2.75) is 39.2 Å². The number of benzene rings is 3. The fourth-order valence-electron chi connectivity index (χ4n) is 5.00. The van der Waals surface area contributed by atoms with Gasteiger partial charge in [-0.05, 0) is 48.7 Å². The third kappa shape index (κ3) is 5.97. The first kappa shape index (κ1) is 24.5. The highest BCUT2D eigenvalue weighted by Crippen LogP contribution is 2.35. The van der Waals surface area contributed by atoms with Crippen LogP contribution in [0.25, 0.3) is 10.9 Å². The summed E-state index contributed by atoms with van der Waals surface area (Å²) in [6, 6.07) is 31.6. The Morgan fingerprint density at radius 1 is 0.892 bits per heavy atom. The van der Waals surface area contributed by atoms with Crippen LogP contribution in [0.4, 0.5) is 0 Å². The zero-order chi connectivity index (χ0) is 25.6. The Morgan fingerprint density at radius 3 is 2.49 bits per heavy atom. The SMILES string of the molecule is Cc1ccc(Cn2cc(C(CC(=O)NCCc3ccccn3)c3cccc(C)c3)c3ccccc32)cc1. The van der Waals surface area contributed by atoms with Crippen LogP contribution >= 0.6 is 0 Å². The van der Waals surface area contributed by atoms with Gasteiger partial charge in [-0.25, -0.2) is 0 Å². The lowest BCUT2D eigenvalue weighted by Gasteiger charge is -2.18. The number of carbonyl (C=O) groups is 1. The molecule has 0 aliphatic carbocycles. The normalized spacial score (nSPS) is 11.9. The molecule has 0 saturated carbocycles. The average Bonchev–Trinajstić information content (AvgIpc) is 3.27. The molecule has 186 valence electrons. The van der Waals surface area contributed by atoms with Crippen molar-refractivity contribution in [3.05, 3.63) is 137 Å². The molecule has 0 aliphatic rings. The lowest BCUT2D eigenvalue weighted by atomic mass is 9.87. The van der Waals surface area contributed by atoms with Crippen LogP contribution in [0.2, 0.25) is 0 Å². The number of hydrogen-bond acceptors (Lipinski definition) is 2. The highest BCUT2D eigenvalue weighted by atomic mass is 16.1. The monoisotopic (exact) mass is 487 g/mol. The minimum atomic E-state index is -0.0427. The number of rotatable bonds is 9. The zero-order valence-corrected chi connectivity index (χ0v) is 21.5. The fraction of sp³-hybridized carbons (Fsp3) is 0.212. The molecule has 0 radical (unpaired) electrons. The summed E-state index contributed by atoms with van der Waals surface area (Å²) in [5.74, 6) is 0.0109. The smallest absolute Gasteiger partial charge is 0.220 e. The van der Waals surface area contributed by atoms with Crippen LogP contribution in [0.3, 0.4) is 0 Å². The standard InChI is InChI=1S/C33H33N3O/c1-24-13-15-26(16-14-24)22-36-23-31(29-11-3-4-12-32(29)36)30(27-9-7-8-25(2)20-27)21-33(37)35-19-17-28-10-5-6-18-34-28/h3-16,18,20,23,30H,17,19,21-22H2,1-2H3,(H,35,37). The van der Waals surface area contributed by atoms with Crippen LogP contribution in [-0.4, -0.2) is 22.0 Å². The number of nitrogens with zero attached hydrogens (tertiary/aromatic N) is 2. The molecule has 4 heteroatoms. The summed E-state index contributed by atoms with van der Waals surface area (Å²) in [6.45, 7) is 5.58. The van der Waals surface area contributed by atoms with E-state index >= 15 is 0 Å². The Bertz CT molecular complexity index is 1490. The molecule has 2 aromatic heterocycles. The van der Waals surface area contributed by atoms with Gasteiger partial charge in [0, 0.05) is 60.8 Å². The molecular formula is C33H33N3O. The second kappa shape index (κ2) is 11.3. The molecular weight excluding hydrogens is 454 g/mol. The van der Waals surface area contributed by atoms with Gasteiger partial charge in [0.05, 0.1) is 0 Å². The second-order valence-electron chi connectivity index (χ2n) is 9.81. The van der Waals surface area contributed by atoms with Gasteiger partial charge in [0.1, 0.15) is 0 Å². The number of aryl methyl sites for hydroxylation is 2. The van der Waals surface area contributed by atoms with Crippen molar-refractivity contribution >= 4 is 16.8 Å². The third-order valence-electron chi connectivity index (χ3n) is 6.93. The molecule has 4 nitrogen and oxygen atoms in total. The Balaban J connectivity index is 1.44. The number of pyridine rings is 1. The summed E-state index contributed by atoms with van der Waals surface area (Å²) in [5, 5.41) is 4.33. The van der Waals surface area contributed by atoms with Gasteiger partial charge < -0.3 is 9.88 Å². The lowest BCUT2D eigenvalue weighted by Crippen LogP contribution is -2.27. The van der Waals surface area contributed by atoms with Crippen molar-refractivity contribution in [2.75, 3.05) is 6.54 Å². The number of carbonyl (C=O) groups excluding carboxylic acids is 1. The van der Waals surface area contributed by atoms with Gasteiger partial charge in [0.25, 0.3) is 0 Å². The summed E-state index contributed by atoms with van der Waals surface area (Å²) in [4.78, 5) is 17.6. The first-order valence-electron chi connectivity index (χ1n) is 12.9. The van der Waals surface area contributed by atoms with Crippen molar-refractivity contribution in [1.29, 1.82) is 0 Å². The Kier molecular flexibility index (Phi) is 7.46. The van der Waals surface area contributed by atoms with Crippen LogP contribution in [0.15, 0.2) is 103 Å². The molecule has 1 amide bonds. The van der Waals surface area contributed by atoms with Crippen molar-refractivity contribution in [3.63, 3.8) is 0 Å². The Hall–Kier alpha value is -4.18. The van der Waals surface area contributed by atoms with E-state index in [1.807, 2.05) is 18.2 Å². The molecule has 5 rings (SSSR count). The minimum Gasteiger partial charge on any atom is -0.356 e. The van der Waals surface area contributed by atoms with E-state index in [4.69, 9.17) is 0 Å². The van der Waals surface area contributed by atoms with E-state index < -0.39 is 0 Å². The van der Waals surface area contributed by atoms with Crippen LogP contribution in [0.5, 0.6) is 0 Å². The van der Waals surface area contributed by atoms with Crippen molar-refractivity contribution in [2.24, 2.45) is 0 Å². The maximum atomic E-state index is 13.2. The third-order valence-corrected chi connectivity index (χ3v) is 6.93. The van der Waals surface area contributed by atoms with E-state index in [0.29, 0.717) is 13.0 Å². The quantitative estimate of drug-likeness (QED) is 0.255. The number of fused-ring (bicyclic) bond motifs is 1.